The summed E-state index contributed by atoms with van der Waals surface area (Å²) in [5, 5.41) is 8.24. The number of hydrogen-bond donors (Lipinski definition) is 2. The minimum absolute atomic E-state index is 0.356. The van der Waals surface area contributed by atoms with Crippen molar-refractivity contribution in [2.24, 2.45) is 5.92 Å². The van der Waals surface area contributed by atoms with E-state index in [1.807, 2.05) is 0 Å². The second-order valence-electron chi connectivity index (χ2n) is 3.77. The number of hydrogen-bond acceptors (Lipinski definition) is 2. The highest BCUT2D eigenvalue weighted by atomic mass is 32.1. The van der Waals surface area contributed by atoms with E-state index in [0.29, 0.717) is 11.2 Å². The van der Waals surface area contributed by atoms with Gasteiger partial charge in [0, 0.05) is 16.9 Å². The van der Waals surface area contributed by atoms with Crippen LogP contribution in [0.2, 0.25) is 0 Å². The molecule has 2 unspecified atom stereocenters. The predicted octanol–water partition coefficient (Wildman–Crippen LogP) is 3.93. The van der Waals surface area contributed by atoms with Crippen LogP contribution in [-0.2, 0) is 0 Å². The Hall–Kier alpha value is 0.0200. The van der Waals surface area contributed by atoms with Crippen LogP contribution in [0.4, 0.5) is 0 Å². The Morgan fingerprint density at radius 3 is 2.38 bits per heavy atom. The van der Waals surface area contributed by atoms with E-state index in [-0.39, 0.29) is 0 Å². The van der Waals surface area contributed by atoms with Crippen LogP contribution < -0.4 is 0 Å². The zero-order chi connectivity index (χ0) is 10.3. The fourth-order valence-electron chi connectivity index (χ4n) is 1.37. The zero-order valence-corrected chi connectivity index (χ0v) is 10.0. The van der Waals surface area contributed by atoms with Gasteiger partial charge in [-0.3, -0.25) is 0 Å². The lowest BCUT2D eigenvalue weighted by Crippen LogP contribution is -2.20. The highest BCUT2D eigenvalue weighted by Gasteiger charge is 2.16. The zero-order valence-electron chi connectivity index (χ0n) is 9.14. The van der Waals surface area contributed by atoms with Crippen LogP contribution in [0.15, 0.2) is 0 Å². The third-order valence-electron chi connectivity index (χ3n) is 2.51. The molecule has 1 nitrogen and oxygen atoms in total. The summed E-state index contributed by atoms with van der Waals surface area (Å²) in [6, 6.07) is 0. The summed E-state index contributed by atoms with van der Waals surface area (Å²) >= 11 is 4.53. The van der Waals surface area contributed by atoms with Gasteiger partial charge in [-0.2, -0.15) is 12.6 Å². The van der Waals surface area contributed by atoms with Gasteiger partial charge in [0.2, 0.25) is 0 Å². The molecule has 0 fully saturated rings. The van der Waals surface area contributed by atoms with E-state index in [2.05, 4.69) is 33.4 Å². The molecule has 1 N–H and O–H groups in total. The van der Waals surface area contributed by atoms with Crippen molar-refractivity contribution in [3.05, 3.63) is 0 Å². The fourth-order valence-corrected chi connectivity index (χ4v) is 1.81. The van der Waals surface area contributed by atoms with Crippen LogP contribution in [0.5, 0.6) is 0 Å². The van der Waals surface area contributed by atoms with Crippen molar-refractivity contribution < 1.29 is 0 Å². The first kappa shape index (κ1) is 13.0. The highest BCUT2D eigenvalue weighted by molar-refractivity contribution is 7.81. The van der Waals surface area contributed by atoms with Crippen LogP contribution in [0.25, 0.3) is 0 Å². The molecule has 0 saturated heterocycles. The van der Waals surface area contributed by atoms with Crippen LogP contribution >= 0.6 is 12.6 Å². The maximum Gasteiger partial charge on any atom is 0.0128 e. The van der Waals surface area contributed by atoms with Gasteiger partial charge in [-0.25, -0.2) is 0 Å². The van der Waals surface area contributed by atoms with Crippen LogP contribution in [0, 0.1) is 11.3 Å². The Morgan fingerprint density at radius 1 is 1.31 bits per heavy atom. The van der Waals surface area contributed by atoms with Gasteiger partial charge in [-0.15, -0.1) is 0 Å². The molecule has 0 aromatic heterocycles. The lowest BCUT2D eigenvalue weighted by molar-refractivity contribution is 0.629. The molecule has 2 heteroatoms. The van der Waals surface area contributed by atoms with E-state index in [1.54, 1.807) is 0 Å². The Labute approximate surface area is 88.2 Å². The van der Waals surface area contributed by atoms with Crippen LogP contribution in [0.3, 0.4) is 0 Å². The summed E-state index contributed by atoms with van der Waals surface area (Å²) in [5.41, 5.74) is 0.885. The first-order chi connectivity index (χ1) is 6.13. The maximum absolute atomic E-state index is 7.86. The molecular weight excluding hydrogens is 178 g/mol. The molecule has 0 saturated carbocycles. The molecule has 0 rings (SSSR count). The van der Waals surface area contributed by atoms with E-state index in [9.17, 15) is 0 Å². The van der Waals surface area contributed by atoms with Crippen LogP contribution in [-0.4, -0.2) is 11.0 Å². The van der Waals surface area contributed by atoms with Gasteiger partial charge in [0.05, 0.1) is 0 Å². The van der Waals surface area contributed by atoms with Crippen molar-refractivity contribution >= 4 is 18.3 Å². The number of unbranched alkanes of at least 4 members (excludes halogenated alkanes) is 1. The lowest BCUT2D eigenvalue weighted by Gasteiger charge is -2.19. The van der Waals surface area contributed by atoms with Gasteiger partial charge in [0.15, 0.2) is 0 Å². The summed E-state index contributed by atoms with van der Waals surface area (Å²) in [7, 11) is 0. The first-order valence-corrected chi connectivity index (χ1v) is 5.90. The van der Waals surface area contributed by atoms with Gasteiger partial charge >= 0.3 is 0 Å². The second-order valence-corrected chi connectivity index (χ2v) is 4.44. The molecule has 0 amide bonds. The van der Waals surface area contributed by atoms with Crippen LogP contribution in [0.1, 0.15) is 52.9 Å². The topological polar surface area (TPSA) is 23.9 Å². The number of rotatable bonds is 7. The van der Waals surface area contributed by atoms with Gasteiger partial charge in [0.25, 0.3) is 0 Å². The highest BCUT2D eigenvalue weighted by Crippen LogP contribution is 2.18. The van der Waals surface area contributed by atoms with Gasteiger partial charge in [-0.05, 0) is 19.3 Å². The molecule has 78 valence electrons. The molecule has 0 aliphatic carbocycles. The van der Waals surface area contributed by atoms with Gasteiger partial charge < -0.3 is 5.41 Å². The number of thiol groups is 1. The third-order valence-corrected chi connectivity index (χ3v) is 3.22. The molecular formula is C11H23NS. The molecule has 0 bridgehead atoms. The Balaban J connectivity index is 3.79. The van der Waals surface area contributed by atoms with Crippen molar-refractivity contribution in [1.82, 2.24) is 0 Å². The van der Waals surface area contributed by atoms with E-state index < -0.39 is 0 Å². The largest absolute Gasteiger partial charge is 0.309 e. The normalized spacial score (nSPS) is 15.4. The summed E-state index contributed by atoms with van der Waals surface area (Å²) in [6.45, 7) is 6.47. The van der Waals surface area contributed by atoms with E-state index in [0.717, 1.165) is 25.0 Å². The molecule has 0 heterocycles. The average molecular weight is 201 g/mol. The van der Waals surface area contributed by atoms with Crippen molar-refractivity contribution in [3.8, 4) is 0 Å². The average Bonchev–Trinajstić information content (AvgIpc) is 2.13. The monoisotopic (exact) mass is 201 g/mol. The Kier molecular flexibility index (Phi) is 7.44. The molecule has 0 spiro atoms. The number of nitrogens with one attached hydrogen (secondary N) is 1. The minimum atomic E-state index is 0.356. The summed E-state index contributed by atoms with van der Waals surface area (Å²) < 4.78 is 0. The molecule has 0 radical (unpaired) electrons. The van der Waals surface area contributed by atoms with E-state index >= 15 is 0 Å². The molecule has 0 aliphatic heterocycles. The van der Waals surface area contributed by atoms with E-state index in [4.69, 9.17) is 5.41 Å². The maximum atomic E-state index is 7.86. The van der Waals surface area contributed by atoms with Crippen molar-refractivity contribution in [1.29, 1.82) is 5.41 Å². The summed E-state index contributed by atoms with van der Waals surface area (Å²) in [6.07, 6.45) is 5.58. The van der Waals surface area contributed by atoms with Crippen molar-refractivity contribution in [3.63, 3.8) is 0 Å². The fraction of sp³-hybridized carbons (Fsp3) is 0.909. The quantitative estimate of drug-likeness (QED) is 0.461. The summed E-state index contributed by atoms with van der Waals surface area (Å²) in [5.74, 6) is 0.356. The van der Waals surface area contributed by atoms with E-state index in [1.165, 1.54) is 12.8 Å². The molecule has 13 heavy (non-hydrogen) atoms. The SMILES string of the molecule is CCCCC(=N)C(C)C(S)CCC. The van der Waals surface area contributed by atoms with Gasteiger partial charge in [-0.1, -0.05) is 33.6 Å². The minimum Gasteiger partial charge on any atom is -0.309 e. The first-order valence-electron chi connectivity index (χ1n) is 5.38. The molecule has 0 aromatic carbocycles. The Morgan fingerprint density at radius 2 is 1.92 bits per heavy atom. The molecule has 0 aliphatic rings. The second kappa shape index (κ2) is 7.43. The standard InChI is InChI=1S/C11H23NS/c1-4-6-8-10(12)9(3)11(13)7-5-2/h9,11-13H,4-8H2,1-3H3. The smallest absolute Gasteiger partial charge is 0.0128 e. The molecule has 0 aromatic rings. The third kappa shape index (κ3) is 5.35. The summed E-state index contributed by atoms with van der Waals surface area (Å²) in [4.78, 5) is 0. The lowest BCUT2D eigenvalue weighted by atomic mass is 9.95. The van der Waals surface area contributed by atoms with Crippen molar-refractivity contribution in [2.75, 3.05) is 0 Å². The molecule has 2 atom stereocenters. The van der Waals surface area contributed by atoms with Crippen molar-refractivity contribution in [2.45, 2.75) is 58.1 Å². The predicted molar refractivity (Wildman–Crippen MR) is 64.1 cm³/mol. The Bertz CT molecular complexity index is 145. The van der Waals surface area contributed by atoms with Gasteiger partial charge in [0.1, 0.15) is 0 Å².